The zero-order valence-corrected chi connectivity index (χ0v) is 20.3. The second-order valence-electron chi connectivity index (χ2n) is 8.92. The number of anilines is 4. The van der Waals surface area contributed by atoms with Crippen LogP contribution in [0.25, 0.3) is 27.9 Å². The smallest absolute Gasteiger partial charge is 0.270 e. The van der Waals surface area contributed by atoms with Gasteiger partial charge in [-0.25, -0.2) is 9.37 Å². The minimum absolute atomic E-state index is 0.167. The lowest BCUT2D eigenvalue weighted by molar-refractivity contribution is 0.122. The second-order valence-corrected chi connectivity index (χ2v) is 8.92. The van der Waals surface area contributed by atoms with E-state index in [1.54, 1.807) is 18.3 Å². The Labute approximate surface area is 211 Å². The summed E-state index contributed by atoms with van der Waals surface area (Å²) in [5.74, 6) is 0.0448. The van der Waals surface area contributed by atoms with Crippen LogP contribution in [-0.4, -0.2) is 75.5 Å². The first-order valence-corrected chi connectivity index (χ1v) is 11.7. The number of phenols is 1. The lowest BCUT2D eigenvalue weighted by atomic mass is 10.1. The largest absolute Gasteiger partial charge is 0.508 e. The average molecular weight is 502 g/mol. The van der Waals surface area contributed by atoms with Crippen molar-refractivity contribution in [1.29, 1.82) is 0 Å². The fourth-order valence-corrected chi connectivity index (χ4v) is 4.27. The van der Waals surface area contributed by atoms with Crippen molar-refractivity contribution in [3.05, 3.63) is 54.6 Å². The Morgan fingerprint density at radius 1 is 0.973 bits per heavy atom. The lowest BCUT2D eigenvalue weighted by Gasteiger charge is -2.27. The van der Waals surface area contributed by atoms with E-state index in [1.165, 1.54) is 4.80 Å². The maximum absolute atomic E-state index is 14.5. The van der Waals surface area contributed by atoms with Gasteiger partial charge in [0.1, 0.15) is 22.3 Å². The Morgan fingerprint density at radius 3 is 2.62 bits per heavy atom. The molecule has 0 unspecified atom stereocenters. The van der Waals surface area contributed by atoms with Crippen LogP contribution in [0.3, 0.4) is 0 Å². The van der Waals surface area contributed by atoms with Gasteiger partial charge in [-0.1, -0.05) is 6.07 Å². The first-order chi connectivity index (χ1) is 17.9. The van der Waals surface area contributed by atoms with Gasteiger partial charge in [0, 0.05) is 56.1 Å². The number of fused-ring (bicyclic) bond motifs is 3. The monoisotopic (exact) mass is 501 g/mol. The van der Waals surface area contributed by atoms with Crippen LogP contribution >= 0.6 is 0 Å². The van der Waals surface area contributed by atoms with Gasteiger partial charge in [-0.15, -0.1) is 15.0 Å². The zero-order valence-electron chi connectivity index (χ0n) is 20.3. The van der Waals surface area contributed by atoms with Gasteiger partial charge in [-0.3, -0.25) is 4.98 Å². The highest BCUT2D eigenvalue weighted by atomic mass is 19.1. The molecule has 0 atom stereocenters. The number of hydrogen-bond acceptors (Lipinski definition) is 10. The van der Waals surface area contributed by atoms with Gasteiger partial charge < -0.3 is 25.0 Å². The molecule has 0 saturated carbocycles. The summed E-state index contributed by atoms with van der Waals surface area (Å²) in [7, 11) is 3.82. The molecule has 1 aliphatic heterocycles. The molecule has 1 fully saturated rings. The number of ether oxygens (including phenoxy) is 1. The van der Waals surface area contributed by atoms with Crippen molar-refractivity contribution >= 4 is 44.8 Å². The zero-order chi connectivity index (χ0) is 25.5. The number of aromatic hydroxyl groups is 1. The number of pyridine rings is 1. The number of phenolic OH excluding ortho intramolecular Hbond substituents is 1. The topological polar surface area (TPSA) is 117 Å². The van der Waals surface area contributed by atoms with Crippen LogP contribution in [0.4, 0.5) is 27.3 Å². The molecule has 37 heavy (non-hydrogen) atoms. The van der Waals surface area contributed by atoms with E-state index in [0.29, 0.717) is 42.9 Å². The summed E-state index contributed by atoms with van der Waals surface area (Å²) < 4.78 is 19.8. The summed E-state index contributed by atoms with van der Waals surface area (Å²) in [5.41, 5.74) is 4.22. The molecule has 0 bridgehead atoms. The summed E-state index contributed by atoms with van der Waals surface area (Å²) in [5, 5.41) is 23.3. The van der Waals surface area contributed by atoms with Gasteiger partial charge in [-0.2, -0.15) is 4.98 Å². The third kappa shape index (κ3) is 4.42. The normalized spacial score (nSPS) is 13.9. The fraction of sp³-hybridized carbons (Fsp3) is 0.240. The number of hydrogen-bond donors (Lipinski definition) is 2. The standard InChI is InChI=1S/C25H24FN9O2/c1-33(2)18-10-16(11-19(36)12-18)29-17-9-15-3-4-21-23(22(15)27-13-17)32-35(31-21)25-28-14-20(26)24(30-25)34-5-7-37-8-6-34/h3-4,9-14,29,36H,5-8H2,1-2H3. The van der Waals surface area contributed by atoms with Crippen molar-refractivity contribution in [2.24, 2.45) is 0 Å². The van der Waals surface area contributed by atoms with Crippen molar-refractivity contribution in [3.8, 4) is 11.7 Å². The van der Waals surface area contributed by atoms with Crippen LogP contribution < -0.4 is 15.1 Å². The van der Waals surface area contributed by atoms with Crippen LogP contribution in [0.5, 0.6) is 5.75 Å². The summed E-state index contributed by atoms with van der Waals surface area (Å²) in [6, 6.07) is 11.0. The van der Waals surface area contributed by atoms with Gasteiger partial charge in [0.25, 0.3) is 5.95 Å². The lowest BCUT2D eigenvalue weighted by Crippen LogP contribution is -2.37. The van der Waals surface area contributed by atoms with Crippen LogP contribution in [0, 0.1) is 5.82 Å². The quantitative estimate of drug-likeness (QED) is 0.372. The molecule has 0 amide bonds. The maximum atomic E-state index is 14.5. The molecular weight excluding hydrogens is 477 g/mol. The Morgan fingerprint density at radius 2 is 1.81 bits per heavy atom. The summed E-state index contributed by atoms with van der Waals surface area (Å²) in [6.45, 7) is 2.12. The van der Waals surface area contributed by atoms with Crippen molar-refractivity contribution in [3.63, 3.8) is 0 Å². The van der Waals surface area contributed by atoms with Crippen molar-refractivity contribution in [2.75, 3.05) is 55.5 Å². The van der Waals surface area contributed by atoms with E-state index in [2.05, 4.69) is 30.5 Å². The molecule has 0 radical (unpaired) electrons. The molecule has 6 rings (SSSR count). The van der Waals surface area contributed by atoms with Crippen molar-refractivity contribution < 1.29 is 14.2 Å². The third-order valence-electron chi connectivity index (χ3n) is 6.11. The number of nitrogens with zero attached hydrogens (tertiary/aromatic N) is 8. The van der Waals surface area contributed by atoms with Crippen molar-refractivity contribution in [1.82, 2.24) is 29.9 Å². The predicted molar refractivity (Wildman–Crippen MR) is 138 cm³/mol. The Balaban J connectivity index is 1.33. The highest BCUT2D eigenvalue weighted by molar-refractivity contribution is 6.02. The molecule has 2 aromatic carbocycles. The molecule has 3 aromatic heterocycles. The number of nitrogens with one attached hydrogen (secondary N) is 1. The van der Waals surface area contributed by atoms with Crippen LogP contribution in [-0.2, 0) is 4.74 Å². The number of halogens is 1. The molecule has 12 heteroatoms. The predicted octanol–water partition coefficient (Wildman–Crippen LogP) is 3.25. The molecule has 188 valence electrons. The molecule has 11 nitrogen and oxygen atoms in total. The number of benzene rings is 2. The molecule has 2 N–H and O–H groups in total. The summed E-state index contributed by atoms with van der Waals surface area (Å²) >= 11 is 0. The third-order valence-corrected chi connectivity index (χ3v) is 6.11. The average Bonchev–Trinajstić information content (AvgIpc) is 3.34. The molecule has 4 heterocycles. The molecule has 1 aliphatic rings. The van der Waals surface area contributed by atoms with E-state index in [-0.39, 0.29) is 17.5 Å². The maximum Gasteiger partial charge on any atom is 0.270 e. The highest BCUT2D eigenvalue weighted by Crippen LogP contribution is 2.29. The van der Waals surface area contributed by atoms with Crippen molar-refractivity contribution in [2.45, 2.75) is 0 Å². The van der Waals surface area contributed by atoms with Gasteiger partial charge in [0.05, 0.1) is 31.3 Å². The molecule has 0 aliphatic carbocycles. The van der Waals surface area contributed by atoms with Crippen LogP contribution in [0.1, 0.15) is 0 Å². The molecule has 1 saturated heterocycles. The van der Waals surface area contributed by atoms with Gasteiger partial charge in [-0.05, 0) is 18.2 Å². The molecule has 0 spiro atoms. The van der Waals surface area contributed by atoms with E-state index >= 15 is 0 Å². The minimum Gasteiger partial charge on any atom is -0.508 e. The molecular formula is C25H24FN9O2. The van der Waals surface area contributed by atoms with Gasteiger partial charge in [0.2, 0.25) is 0 Å². The minimum atomic E-state index is -0.501. The van der Waals surface area contributed by atoms with E-state index in [1.807, 2.05) is 48.2 Å². The first kappa shape index (κ1) is 22.9. The summed E-state index contributed by atoms with van der Waals surface area (Å²) in [4.78, 5) is 18.2. The first-order valence-electron chi connectivity index (χ1n) is 11.7. The van der Waals surface area contributed by atoms with E-state index < -0.39 is 5.82 Å². The highest BCUT2D eigenvalue weighted by Gasteiger charge is 2.20. The van der Waals surface area contributed by atoms with Crippen LogP contribution in [0.15, 0.2) is 48.8 Å². The Kier molecular flexibility index (Phi) is 5.64. The Bertz CT molecular complexity index is 1620. The van der Waals surface area contributed by atoms with E-state index in [0.717, 1.165) is 28.6 Å². The fourth-order valence-electron chi connectivity index (χ4n) is 4.27. The Hall–Kier alpha value is -4.58. The van der Waals surface area contributed by atoms with Gasteiger partial charge in [0.15, 0.2) is 11.6 Å². The number of aromatic nitrogens is 6. The van der Waals surface area contributed by atoms with E-state index in [4.69, 9.17) is 4.74 Å². The van der Waals surface area contributed by atoms with Gasteiger partial charge >= 0.3 is 0 Å². The van der Waals surface area contributed by atoms with Crippen LogP contribution in [0.2, 0.25) is 0 Å². The SMILES string of the molecule is CN(C)c1cc(O)cc(Nc2cnc3c(ccc4nn(-c5ncc(F)c(N6CCOCC6)n5)nc43)c2)c1. The van der Waals surface area contributed by atoms with E-state index in [9.17, 15) is 9.50 Å². The number of morpholine rings is 1. The second kappa shape index (κ2) is 9.13. The number of rotatable bonds is 5. The molecule has 5 aromatic rings. The summed E-state index contributed by atoms with van der Waals surface area (Å²) in [6.07, 6.45) is 2.84.